The van der Waals surface area contributed by atoms with Gasteiger partial charge in [0.1, 0.15) is 0 Å². The van der Waals surface area contributed by atoms with Crippen LogP contribution < -0.4 is 5.32 Å². The van der Waals surface area contributed by atoms with Crippen LogP contribution in [-0.4, -0.2) is 13.6 Å². The molecule has 0 amide bonds. The van der Waals surface area contributed by atoms with Gasteiger partial charge in [0, 0.05) is 12.0 Å². The Hall–Kier alpha value is -0.820. The van der Waals surface area contributed by atoms with Crippen LogP contribution in [0.25, 0.3) is 0 Å². The van der Waals surface area contributed by atoms with Gasteiger partial charge in [-0.05, 0) is 49.4 Å². The lowest BCUT2D eigenvalue weighted by Gasteiger charge is -2.43. The maximum atomic E-state index is 3.38. The minimum atomic E-state index is 0.420. The molecule has 1 nitrogen and oxygen atoms in total. The van der Waals surface area contributed by atoms with Gasteiger partial charge in [-0.1, -0.05) is 38.5 Å². The van der Waals surface area contributed by atoms with Crippen molar-refractivity contribution in [2.75, 3.05) is 13.6 Å². The minimum absolute atomic E-state index is 0.420. The molecule has 0 saturated heterocycles. The molecule has 1 N–H and O–H groups in total. The summed E-state index contributed by atoms with van der Waals surface area (Å²) in [7, 11) is 2.07. The molecular weight excluding hydrogens is 206 g/mol. The first kappa shape index (κ1) is 12.6. The van der Waals surface area contributed by atoms with E-state index in [-0.39, 0.29) is 0 Å². The van der Waals surface area contributed by atoms with Gasteiger partial charge in [-0.25, -0.2) is 0 Å². The molecule has 2 rings (SSSR count). The van der Waals surface area contributed by atoms with Gasteiger partial charge < -0.3 is 5.32 Å². The monoisotopic (exact) mass is 231 g/mol. The van der Waals surface area contributed by atoms with Gasteiger partial charge in [0.25, 0.3) is 0 Å². The highest BCUT2D eigenvalue weighted by Gasteiger charge is 2.38. The maximum Gasteiger partial charge on any atom is 0.00804 e. The number of hydrogen-bond acceptors (Lipinski definition) is 1. The standard InChI is InChI=1S/C16H25N/c1-12(2)14-7-6-13(3)15(10-14)16(11-17-4)8-5-9-16/h6-7,10,12,17H,5,8-9,11H2,1-4H3. The summed E-state index contributed by atoms with van der Waals surface area (Å²) in [6, 6.07) is 7.05. The third kappa shape index (κ3) is 2.26. The Bertz CT molecular complexity index is 389. The van der Waals surface area contributed by atoms with Crippen LogP contribution in [0.4, 0.5) is 0 Å². The van der Waals surface area contributed by atoms with Crippen LogP contribution >= 0.6 is 0 Å². The zero-order chi connectivity index (χ0) is 12.5. The van der Waals surface area contributed by atoms with Gasteiger partial charge in [0.05, 0.1) is 0 Å². The van der Waals surface area contributed by atoms with E-state index < -0.39 is 0 Å². The fourth-order valence-electron chi connectivity index (χ4n) is 3.05. The molecular formula is C16H25N. The molecule has 1 aromatic carbocycles. The summed E-state index contributed by atoms with van der Waals surface area (Å²) in [5, 5.41) is 3.38. The largest absolute Gasteiger partial charge is 0.319 e. The van der Waals surface area contributed by atoms with Gasteiger partial charge in [-0.15, -0.1) is 0 Å². The zero-order valence-electron chi connectivity index (χ0n) is 11.6. The lowest BCUT2D eigenvalue weighted by atomic mass is 9.63. The first-order chi connectivity index (χ1) is 8.09. The van der Waals surface area contributed by atoms with E-state index in [4.69, 9.17) is 0 Å². The maximum absolute atomic E-state index is 3.38. The van der Waals surface area contributed by atoms with Crippen molar-refractivity contribution in [3.8, 4) is 0 Å². The quantitative estimate of drug-likeness (QED) is 0.832. The molecule has 0 aliphatic heterocycles. The number of rotatable bonds is 4. The van der Waals surface area contributed by atoms with Gasteiger partial charge in [-0.3, -0.25) is 0 Å². The lowest BCUT2D eigenvalue weighted by molar-refractivity contribution is 0.237. The predicted molar refractivity (Wildman–Crippen MR) is 74.7 cm³/mol. The van der Waals surface area contributed by atoms with Crippen molar-refractivity contribution in [2.24, 2.45) is 0 Å². The molecule has 0 unspecified atom stereocenters. The average Bonchev–Trinajstić information content (AvgIpc) is 2.24. The summed E-state index contributed by atoms with van der Waals surface area (Å²) in [4.78, 5) is 0. The Morgan fingerprint density at radius 2 is 2.00 bits per heavy atom. The van der Waals surface area contributed by atoms with E-state index in [9.17, 15) is 0 Å². The fourth-order valence-corrected chi connectivity index (χ4v) is 3.05. The Labute approximate surface area is 106 Å². The van der Waals surface area contributed by atoms with Crippen LogP contribution in [0.2, 0.25) is 0 Å². The molecule has 17 heavy (non-hydrogen) atoms. The van der Waals surface area contributed by atoms with Crippen molar-refractivity contribution < 1.29 is 0 Å². The summed E-state index contributed by atoms with van der Waals surface area (Å²) >= 11 is 0. The molecule has 0 radical (unpaired) electrons. The smallest absolute Gasteiger partial charge is 0.00804 e. The molecule has 1 saturated carbocycles. The van der Waals surface area contributed by atoms with Gasteiger partial charge in [0.2, 0.25) is 0 Å². The molecule has 0 atom stereocenters. The first-order valence-electron chi connectivity index (χ1n) is 6.85. The highest BCUT2D eigenvalue weighted by Crippen LogP contribution is 2.45. The minimum Gasteiger partial charge on any atom is -0.319 e. The molecule has 0 aromatic heterocycles. The number of likely N-dealkylation sites (N-methyl/N-ethyl adjacent to an activating group) is 1. The number of benzene rings is 1. The van der Waals surface area contributed by atoms with Crippen molar-refractivity contribution in [3.63, 3.8) is 0 Å². The number of hydrogen-bond donors (Lipinski definition) is 1. The molecule has 1 heteroatoms. The van der Waals surface area contributed by atoms with Crippen LogP contribution in [0.3, 0.4) is 0 Å². The molecule has 1 fully saturated rings. The summed E-state index contributed by atoms with van der Waals surface area (Å²) in [6.45, 7) is 7.94. The van der Waals surface area contributed by atoms with Crippen molar-refractivity contribution in [1.29, 1.82) is 0 Å². The third-order valence-electron chi connectivity index (χ3n) is 4.33. The molecule has 1 aliphatic carbocycles. The van der Waals surface area contributed by atoms with Gasteiger partial charge in [-0.2, -0.15) is 0 Å². The Kier molecular flexibility index (Phi) is 3.58. The molecule has 1 aromatic rings. The van der Waals surface area contributed by atoms with Crippen molar-refractivity contribution >= 4 is 0 Å². The SMILES string of the molecule is CNCC1(c2cc(C(C)C)ccc2C)CCC1. The predicted octanol–water partition coefficient (Wildman–Crippen LogP) is 3.76. The van der Waals surface area contributed by atoms with Crippen LogP contribution in [0, 0.1) is 6.92 Å². The second-order valence-corrected chi connectivity index (χ2v) is 5.89. The van der Waals surface area contributed by atoms with E-state index in [1.54, 1.807) is 5.56 Å². The van der Waals surface area contributed by atoms with E-state index in [0.29, 0.717) is 11.3 Å². The normalized spacial score (nSPS) is 18.2. The van der Waals surface area contributed by atoms with E-state index >= 15 is 0 Å². The summed E-state index contributed by atoms with van der Waals surface area (Å²) in [5.41, 5.74) is 4.95. The van der Waals surface area contributed by atoms with E-state index in [2.05, 4.69) is 51.3 Å². The van der Waals surface area contributed by atoms with Crippen LogP contribution in [0.15, 0.2) is 18.2 Å². The van der Waals surface area contributed by atoms with E-state index in [0.717, 1.165) is 6.54 Å². The molecule has 0 spiro atoms. The lowest BCUT2D eigenvalue weighted by Crippen LogP contribution is -2.43. The Balaban J connectivity index is 2.39. The zero-order valence-corrected chi connectivity index (χ0v) is 11.6. The number of aryl methyl sites for hydroxylation is 1. The second kappa shape index (κ2) is 4.81. The molecule has 0 heterocycles. The fraction of sp³-hybridized carbons (Fsp3) is 0.625. The molecule has 94 valence electrons. The van der Waals surface area contributed by atoms with Crippen molar-refractivity contribution in [2.45, 2.75) is 51.4 Å². The summed E-state index contributed by atoms with van der Waals surface area (Å²) in [6.07, 6.45) is 4.07. The topological polar surface area (TPSA) is 12.0 Å². The van der Waals surface area contributed by atoms with Crippen LogP contribution in [0.5, 0.6) is 0 Å². The van der Waals surface area contributed by atoms with Gasteiger partial charge in [0.15, 0.2) is 0 Å². The second-order valence-electron chi connectivity index (χ2n) is 5.89. The highest BCUT2D eigenvalue weighted by atomic mass is 14.8. The Morgan fingerprint density at radius 1 is 1.29 bits per heavy atom. The van der Waals surface area contributed by atoms with Crippen LogP contribution in [-0.2, 0) is 5.41 Å². The molecule has 0 bridgehead atoms. The molecule has 1 aliphatic rings. The van der Waals surface area contributed by atoms with Crippen molar-refractivity contribution in [3.05, 3.63) is 34.9 Å². The number of nitrogens with one attached hydrogen (secondary N) is 1. The highest BCUT2D eigenvalue weighted by molar-refractivity contribution is 5.40. The summed E-state index contributed by atoms with van der Waals surface area (Å²) < 4.78 is 0. The summed E-state index contributed by atoms with van der Waals surface area (Å²) in [5.74, 6) is 0.626. The first-order valence-corrected chi connectivity index (χ1v) is 6.85. The van der Waals surface area contributed by atoms with Gasteiger partial charge >= 0.3 is 0 Å². The van der Waals surface area contributed by atoms with Crippen LogP contribution in [0.1, 0.15) is 55.7 Å². The third-order valence-corrected chi connectivity index (χ3v) is 4.33. The van der Waals surface area contributed by atoms with Crippen molar-refractivity contribution in [1.82, 2.24) is 5.32 Å². The average molecular weight is 231 g/mol. The Morgan fingerprint density at radius 3 is 2.47 bits per heavy atom. The van der Waals surface area contributed by atoms with E-state index in [1.807, 2.05) is 0 Å². The van der Waals surface area contributed by atoms with E-state index in [1.165, 1.54) is 30.4 Å².